The molecule has 19 heavy (non-hydrogen) atoms. The molecule has 0 saturated carbocycles. The molecule has 0 atom stereocenters. The standard InChI is InChI=1S/C15H17N3O/c1-8-10(3)16-11(4)9(2)14(8)12-6-5-7-13-15(12)18-19-17-13/h5-7,14,16H,1-4H3. The fourth-order valence-corrected chi connectivity index (χ4v) is 2.76. The van der Waals surface area contributed by atoms with Crippen molar-refractivity contribution < 1.29 is 4.63 Å². The summed E-state index contributed by atoms with van der Waals surface area (Å²) in [5.41, 5.74) is 7.88. The van der Waals surface area contributed by atoms with Crippen molar-refractivity contribution in [3.63, 3.8) is 0 Å². The Hall–Kier alpha value is -2.10. The summed E-state index contributed by atoms with van der Waals surface area (Å²) in [4.78, 5) is 0. The van der Waals surface area contributed by atoms with Crippen molar-refractivity contribution in [3.8, 4) is 0 Å². The van der Waals surface area contributed by atoms with E-state index in [1.54, 1.807) is 0 Å². The van der Waals surface area contributed by atoms with Gasteiger partial charge in [-0.3, -0.25) is 0 Å². The van der Waals surface area contributed by atoms with Crippen molar-refractivity contribution >= 4 is 11.0 Å². The van der Waals surface area contributed by atoms with Gasteiger partial charge < -0.3 is 5.32 Å². The van der Waals surface area contributed by atoms with Crippen molar-refractivity contribution in [2.75, 3.05) is 0 Å². The van der Waals surface area contributed by atoms with Crippen molar-refractivity contribution in [3.05, 3.63) is 46.3 Å². The fourth-order valence-electron chi connectivity index (χ4n) is 2.76. The molecule has 0 fully saturated rings. The molecule has 1 aliphatic heterocycles. The molecule has 1 aromatic heterocycles. The van der Waals surface area contributed by atoms with Gasteiger partial charge in [-0.2, -0.15) is 0 Å². The second-order valence-electron chi connectivity index (χ2n) is 5.15. The van der Waals surface area contributed by atoms with Gasteiger partial charge in [0.1, 0.15) is 11.0 Å². The van der Waals surface area contributed by atoms with E-state index in [9.17, 15) is 0 Å². The number of hydrogen-bond acceptors (Lipinski definition) is 4. The van der Waals surface area contributed by atoms with Gasteiger partial charge in [-0.15, -0.1) is 0 Å². The Balaban J connectivity index is 2.25. The predicted molar refractivity (Wildman–Crippen MR) is 74.4 cm³/mol. The van der Waals surface area contributed by atoms with E-state index in [1.807, 2.05) is 12.1 Å². The summed E-state index contributed by atoms with van der Waals surface area (Å²) in [6, 6.07) is 6.04. The number of nitrogens with one attached hydrogen (secondary N) is 1. The number of hydrogen-bond donors (Lipinski definition) is 1. The van der Waals surface area contributed by atoms with Gasteiger partial charge in [0.05, 0.1) is 0 Å². The number of rotatable bonds is 1. The lowest BCUT2D eigenvalue weighted by Crippen LogP contribution is -2.22. The zero-order valence-electron chi connectivity index (χ0n) is 11.6. The first-order chi connectivity index (χ1) is 9.09. The van der Waals surface area contributed by atoms with Crippen LogP contribution in [0.4, 0.5) is 0 Å². The van der Waals surface area contributed by atoms with E-state index < -0.39 is 0 Å². The Morgan fingerprint density at radius 3 is 2.37 bits per heavy atom. The lowest BCUT2D eigenvalue weighted by Gasteiger charge is -2.29. The molecule has 1 aliphatic rings. The Morgan fingerprint density at radius 2 is 1.68 bits per heavy atom. The Bertz CT molecular complexity index is 685. The summed E-state index contributed by atoms with van der Waals surface area (Å²) < 4.78 is 4.87. The first-order valence-electron chi connectivity index (χ1n) is 6.42. The zero-order chi connectivity index (χ0) is 13.6. The summed E-state index contributed by atoms with van der Waals surface area (Å²) in [7, 11) is 0. The van der Waals surface area contributed by atoms with E-state index in [0.29, 0.717) is 0 Å². The molecule has 3 rings (SSSR count). The maximum absolute atomic E-state index is 4.87. The number of fused-ring (bicyclic) bond motifs is 1. The van der Waals surface area contributed by atoms with Gasteiger partial charge in [0, 0.05) is 17.3 Å². The second-order valence-corrected chi connectivity index (χ2v) is 5.15. The number of allylic oxidation sites excluding steroid dienone is 4. The highest BCUT2D eigenvalue weighted by Crippen LogP contribution is 2.39. The van der Waals surface area contributed by atoms with E-state index in [0.717, 1.165) is 16.6 Å². The van der Waals surface area contributed by atoms with E-state index >= 15 is 0 Å². The maximum Gasteiger partial charge on any atom is 0.139 e. The molecule has 4 nitrogen and oxygen atoms in total. The van der Waals surface area contributed by atoms with Gasteiger partial charge in [-0.1, -0.05) is 12.1 Å². The van der Waals surface area contributed by atoms with Crippen molar-refractivity contribution in [2.45, 2.75) is 33.6 Å². The van der Waals surface area contributed by atoms with Crippen LogP contribution in [0.1, 0.15) is 39.2 Å². The first kappa shape index (κ1) is 12.0. The molecule has 1 aromatic carbocycles. The van der Waals surface area contributed by atoms with Crippen LogP contribution in [0.15, 0.2) is 45.4 Å². The highest BCUT2D eigenvalue weighted by molar-refractivity contribution is 5.79. The number of dihydropyridines is 1. The molecule has 0 saturated heterocycles. The summed E-state index contributed by atoms with van der Waals surface area (Å²) in [5.74, 6) is 0.247. The molecule has 0 bridgehead atoms. The van der Waals surface area contributed by atoms with Crippen LogP contribution in [0.25, 0.3) is 11.0 Å². The molecule has 4 heteroatoms. The quantitative estimate of drug-likeness (QED) is 0.847. The Morgan fingerprint density at radius 1 is 1.00 bits per heavy atom. The highest BCUT2D eigenvalue weighted by atomic mass is 16.6. The molecule has 1 N–H and O–H groups in total. The lowest BCUT2D eigenvalue weighted by atomic mass is 9.81. The van der Waals surface area contributed by atoms with E-state index in [2.05, 4.69) is 49.4 Å². The van der Waals surface area contributed by atoms with E-state index in [1.165, 1.54) is 22.5 Å². The third-order valence-corrected chi connectivity index (χ3v) is 4.05. The summed E-state index contributed by atoms with van der Waals surface area (Å²) in [6.07, 6.45) is 0. The van der Waals surface area contributed by atoms with Gasteiger partial charge in [-0.25, -0.2) is 4.63 Å². The van der Waals surface area contributed by atoms with Gasteiger partial charge in [-0.05, 0) is 60.8 Å². The molecular formula is C15H17N3O. The smallest absolute Gasteiger partial charge is 0.139 e. The molecule has 0 amide bonds. The third-order valence-electron chi connectivity index (χ3n) is 4.05. The monoisotopic (exact) mass is 255 g/mol. The maximum atomic E-state index is 4.87. The average molecular weight is 255 g/mol. The topological polar surface area (TPSA) is 51.0 Å². The second kappa shape index (κ2) is 4.23. The molecule has 2 heterocycles. The van der Waals surface area contributed by atoms with Crippen LogP contribution >= 0.6 is 0 Å². The van der Waals surface area contributed by atoms with Crippen LogP contribution in [-0.4, -0.2) is 10.3 Å². The van der Waals surface area contributed by atoms with Crippen LogP contribution < -0.4 is 5.32 Å². The molecule has 0 aliphatic carbocycles. The van der Waals surface area contributed by atoms with Gasteiger partial charge in [0.25, 0.3) is 0 Å². The number of nitrogens with zero attached hydrogens (tertiary/aromatic N) is 2. The minimum absolute atomic E-state index is 0.247. The van der Waals surface area contributed by atoms with Crippen LogP contribution in [0, 0.1) is 0 Å². The lowest BCUT2D eigenvalue weighted by molar-refractivity contribution is 0.315. The normalized spacial score (nSPS) is 17.3. The largest absolute Gasteiger partial charge is 0.363 e. The summed E-state index contributed by atoms with van der Waals surface area (Å²) in [5, 5.41) is 11.4. The predicted octanol–water partition coefficient (Wildman–Crippen LogP) is 3.50. The average Bonchev–Trinajstić information content (AvgIpc) is 2.86. The molecule has 0 unspecified atom stereocenters. The van der Waals surface area contributed by atoms with Crippen LogP contribution in [-0.2, 0) is 0 Å². The van der Waals surface area contributed by atoms with Crippen LogP contribution in [0.3, 0.4) is 0 Å². The minimum Gasteiger partial charge on any atom is -0.363 e. The van der Waals surface area contributed by atoms with Crippen LogP contribution in [0.5, 0.6) is 0 Å². The van der Waals surface area contributed by atoms with Crippen molar-refractivity contribution in [2.24, 2.45) is 0 Å². The molecule has 0 spiro atoms. The minimum atomic E-state index is 0.247. The van der Waals surface area contributed by atoms with Crippen molar-refractivity contribution in [1.82, 2.24) is 15.6 Å². The molecule has 98 valence electrons. The molecular weight excluding hydrogens is 238 g/mol. The van der Waals surface area contributed by atoms with Crippen LogP contribution in [0.2, 0.25) is 0 Å². The Kier molecular flexibility index (Phi) is 2.66. The zero-order valence-corrected chi connectivity index (χ0v) is 11.6. The molecule has 2 aromatic rings. The molecule has 0 radical (unpaired) electrons. The van der Waals surface area contributed by atoms with E-state index in [-0.39, 0.29) is 5.92 Å². The van der Waals surface area contributed by atoms with Gasteiger partial charge in [0.15, 0.2) is 0 Å². The SMILES string of the molecule is CC1=C(C)C(c2cccc3nonc23)C(C)=C(C)N1. The highest BCUT2D eigenvalue weighted by Gasteiger charge is 2.26. The summed E-state index contributed by atoms with van der Waals surface area (Å²) in [6.45, 7) is 8.55. The number of benzene rings is 1. The number of aromatic nitrogens is 2. The fraction of sp³-hybridized carbons (Fsp3) is 0.333. The third kappa shape index (κ3) is 1.75. The van der Waals surface area contributed by atoms with Gasteiger partial charge in [0.2, 0.25) is 0 Å². The Labute approximate surface area is 112 Å². The first-order valence-corrected chi connectivity index (χ1v) is 6.42. The van der Waals surface area contributed by atoms with Crippen molar-refractivity contribution in [1.29, 1.82) is 0 Å². The van der Waals surface area contributed by atoms with Gasteiger partial charge >= 0.3 is 0 Å². The van der Waals surface area contributed by atoms with E-state index in [4.69, 9.17) is 4.63 Å². The summed E-state index contributed by atoms with van der Waals surface area (Å²) >= 11 is 0.